The van der Waals surface area contributed by atoms with Crippen LogP contribution in [-0.4, -0.2) is 4.98 Å². The number of aromatic nitrogens is 1. The van der Waals surface area contributed by atoms with Crippen molar-refractivity contribution in [3.63, 3.8) is 0 Å². The van der Waals surface area contributed by atoms with E-state index in [9.17, 15) is 0 Å². The lowest BCUT2D eigenvalue weighted by Gasteiger charge is -2.09. The molecule has 90 valence electrons. The minimum atomic E-state index is 0.463. The van der Waals surface area contributed by atoms with Gasteiger partial charge >= 0.3 is 0 Å². The van der Waals surface area contributed by atoms with Gasteiger partial charge in [-0.05, 0) is 43.2 Å². The Morgan fingerprint density at radius 3 is 2.78 bits per heavy atom. The first-order chi connectivity index (χ1) is 8.69. The highest BCUT2D eigenvalue weighted by molar-refractivity contribution is 5.41. The second-order valence-electron chi connectivity index (χ2n) is 4.25. The van der Waals surface area contributed by atoms with Gasteiger partial charge in [0.1, 0.15) is 12.4 Å². The number of rotatable bonds is 3. The first-order valence-electron chi connectivity index (χ1n) is 5.73. The third-order valence-corrected chi connectivity index (χ3v) is 2.64. The Kier molecular flexibility index (Phi) is 3.59. The molecule has 2 aromatic rings. The molecule has 1 aromatic heterocycles. The maximum absolute atomic E-state index is 8.86. The summed E-state index contributed by atoms with van der Waals surface area (Å²) in [6, 6.07) is 9.59. The lowest BCUT2D eigenvalue weighted by molar-refractivity contribution is 0.303. The van der Waals surface area contributed by atoms with Crippen molar-refractivity contribution >= 4 is 0 Å². The smallest absolute Gasteiger partial charge is 0.124 e. The number of pyridine rings is 1. The minimum absolute atomic E-state index is 0.463. The third-order valence-electron chi connectivity index (χ3n) is 2.64. The molecule has 0 saturated carbocycles. The molecule has 18 heavy (non-hydrogen) atoms. The summed E-state index contributed by atoms with van der Waals surface area (Å²) in [6.07, 6.45) is 3.60. The Morgan fingerprint density at radius 2 is 2.06 bits per heavy atom. The first-order valence-corrected chi connectivity index (χ1v) is 5.73. The van der Waals surface area contributed by atoms with Crippen molar-refractivity contribution in [2.24, 2.45) is 0 Å². The molecule has 3 heteroatoms. The zero-order chi connectivity index (χ0) is 13.0. The molecule has 0 saturated heterocycles. The van der Waals surface area contributed by atoms with Gasteiger partial charge in [0, 0.05) is 18.0 Å². The molecular weight excluding hydrogens is 224 g/mol. The van der Waals surface area contributed by atoms with E-state index in [0.717, 1.165) is 22.4 Å². The molecule has 0 bridgehead atoms. The Bertz CT molecular complexity index is 600. The monoisotopic (exact) mass is 238 g/mol. The average Bonchev–Trinajstić information content (AvgIpc) is 2.38. The van der Waals surface area contributed by atoms with Crippen LogP contribution in [0.4, 0.5) is 0 Å². The third kappa shape index (κ3) is 2.86. The summed E-state index contributed by atoms with van der Waals surface area (Å²) in [5.41, 5.74) is 3.77. The summed E-state index contributed by atoms with van der Waals surface area (Å²) in [6.45, 7) is 4.42. The van der Waals surface area contributed by atoms with Crippen molar-refractivity contribution in [1.82, 2.24) is 4.98 Å². The highest BCUT2D eigenvalue weighted by atomic mass is 16.5. The van der Waals surface area contributed by atoms with E-state index in [2.05, 4.69) is 11.1 Å². The van der Waals surface area contributed by atoms with E-state index in [1.54, 1.807) is 18.3 Å². The quantitative estimate of drug-likeness (QED) is 0.825. The lowest BCUT2D eigenvalue weighted by atomic mass is 10.1. The van der Waals surface area contributed by atoms with Crippen LogP contribution in [0.5, 0.6) is 5.75 Å². The molecule has 0 aliphatic rings. The molecule has 0 aliphatic carbocycles. The van der Waals surface area contributed by atoms with Gasteiger partial charge in [-0.3, -0.25) is 4.98 Å². The second-order valence-corrected chi connectivity index (χ2v) is 4.25. The van der Waals surface area contributed by atoms with Crippen molar-refractivity contribution in [3.8, 4) is 11.8 Å². The molecule has 1 aromatic carbocycles. The number of nitrogens with zero attached hydrogens (tertiary/aromatic N) is 2. The maximum atomic E-state index is 8.86. The van der Waals surface area contributed by atoms with E-state index >= 15 is 0 Å². The van der Waals surface area contributed by atoms with Gasteiger partial charge < -0.3 is 4.74 Å². The molecule has 0 spiro atoms. The normalized spacial score (nSPS) is 9.83. The maximum Gasteiger partial charge on any atom is 0.124 e. The second kappa shape index (κ2) is 5.33. The molecule has 0 radical (unpaired) electrons. The van der Waals surface area contributed by atoms with Crippen molar-refractivity contribution < 1.29 is 4.74 Å². The molecule has 0 atom stereocenters. The summed E-state index contributed by atoms with van der Waals surface area (Å²) < 4.78 is 5.73. The van der Waals surface area contributed by atoms with Crippen LogP contribution in [0.2, 0.25) is 0 Å². The first kappa shape index (κ1) is 12.1. The van der Waals surface area contributed by atoms with Crippen molar-refractivity contribution in [1.29, 1.82) is 5.26 Å². The Hall–Kier alpha value is -2.34. The topological polar surface area (TPSA) is 45.9 Å². The van der Waals surface area contributed by atoms with Crippen LogP contribution >= 0.6 is 0 Å². The van der Waals surface area contributed by atoms with E-state index in [1.807, 2.05) is 32.2 Å². The zero-order valence-corrected chi connectivity index (χ0v) is 10.5. The van der Waals surface area contributed by atoms with Gasteiger partial charge in [-0.2, -0.15) is 5.26 Å². The molecule has 0 N–H and O–H groups in total. The highest BCUT2D eigenvalue weighted by Gasteiger charge is 2.02. The summed E-state index contributed by atoms with van der Waals surface area (Å²) in [4.78, 5) is 4.12. The van der Waals surface area contributed by atoms with Crippen molar-refractivity contribution in [2.75, 3.05) is 0 Å². The van der Waals surface area contributed by atoms with Crippen LogP contribution in [0, 0.1) is 25.2 Å². The summed E-state index contributed by atoms with van der Waals surface area (Å²) in [5, 5.41) is 8.86. The summed E-state index contributed by atoms with van der Waals surface area (Å²) in [5.74, 6) is 0.746. The Balaban J connectivity index is 2.13. The molecule has 2 rings (SSSR count). The molecule has 0 amide bonds. The zero-order valence-electron chi connectivity index (χ0n) is 10.5. The lowest BCUT2D eigenvalue weighted by Crippen LogP contribution is -1.98. The van der Waals surface area contributed by atoms with Crippen LogP contribution in [0.25, 0.3) is 0 Å². The molecule has 0 unspecified atom stereocenters. The molecule has 1 heterocycles. The number of nitriles is 1. The van der Waals surface area contributed by atoms with Gasteiger partial charge in [0.2, 0.25) is 0 Å². The van der Waals surface area contributed by atoms with Crippen molar-refractivity contribution in [3.05, 3.63) is 58.9 Å². The fourth-order valence-corrected chi connectivity index (χ4v) is 1.68. The van der Waals surface area contributed by atoms with Crippen LogP contribution < -0.4 is 4.74 Å². The minimum Gasteiger partial charge on any atom is -0.489 e. The van der Waals surface area contributed by atoms with Gasteiger partial charge in [-0.1, -0.05) is 6.07 Å². The molecule has 0 aliphatic heterocycles. The molecular formula is C15H14N2O. The average molecular weight is 238 g/mol. The van der Waals surface area contributed by atoms with E-state index in [4.69, 9.17) is 10.00 Å². The van der Waals surface area contributed by atoms with E-state index in [-0.39, 0.29) is 0 Å². The number of benzene rings is 1. The van der Waals surface area contributed by atoms with E-state index in [1.165, 1.54) is 0 Å². The number of ether oxygens (including phenoxy) is 1. The largest absolute Gasteiger partial charge is 0.489 e. The van der Waals surface area contributed by atoms with Gasteiger partial charge in [-0.15, -0.1) is 0 Å². The van der Waals surface area contributed by atoms with E-state index < -0.39 is 0 Å². The number of aryl methyl sites for hydroxylation is 2. The van der Waals surface area contributed by atoms with Gasteiger partial charge in [0.25, 0.3) is 0 Å². The fourth-order valence-electron chi connectivity index (χ4n) is 1.68. The predicted molar refractivity (Wildman–Crippen MR) is 69.2 cm³/mol. The number of hydrogen-bond acceptors (Lipinski definition) is 3. The van der Waals surface area contributed by atoms with Crippen LogP contribution in [-0.2, 0) is 6.61 Å². The van der Waals surface area contributed by atoms with Crippen molar-refractivity contribution in [2.45, 2.75) is 20.5 Å². The summed E-state index contributed by atoms with van der Waals surface area (Å²) in [7, 11) is 0. The van der Waals surface area contributed by atoms with Crippen LogP contribution in [0.3, 0.4) is 0 Å². The van der Waals surface area contributed by atoms with Crippen LogP contribution in [0.15, 0.2) is 36.7 Å². The standard InChI is InChI=1S/C15H14N2O/c1-11-5-14(9-17-8-11)10-18-15-6-13(7-16)4-3-12(15)2/h3-6,8-9H,10H2,1-2H3. The SMILES string of the molecule is Cc1cncc(COc2cc(C#N)ccc2C)c1. The predicted octanol–water partition coefficient (Wildman–Crippen LogP) is 3.15. The fraction of sp³-hybridized carbons (Fsp3) is 0.200. The van der Waals surface area contributed by atoms with Crippen LogP contribution in [0.1, 0.15) is 22.3 Å². The molecule has 0 fully saturated rings. The van der Waals surface area contributed by atoms with Gasteiger partial charge in [-0.25, -0.2) is 0 Å². The molecule has 3 nitrogen and oxygen atoms in total. The summed E-state index contributed by atoms with van der Waals surface area (Å²) >= 11 is 0. The Morgan fingerprint density at radius 1 is 1.22 bits per heavy atom. The van der Waals surface area contributed by atoms with Gasteiger partial charge in [0.15, 0.2) is 0 Å². The highest BCUT2D eigenvalue weighted by Crippen LogP contribution is 2.20. The van der Waals surface area contributed by atoms with Gasteiger partial charge in [0.05, 0.1) is 11.6 Å². The Labute approximate surface area is 107 Å². The van der Waals surface area contributed by atoms with E-state index in [0.29, 0.717) is 12.2 Å². The number of hydrogen-bond donors (Lipinski definition) is 0.